The molecule has 1 aromatic carbocycles. The average Bonchev–Trinajstić information content (AvgIpc) is 2.42. The summed E-state index contributed by atoms with van der Waals surface area (Å²) in [7, 11) is -3.93. The van der Waals surface area contributed by atoms with Gasteiger partial charge in [0, 0.05) is 29.9 Å². The molecule has 2 rings (SSSR count). The van der Waals surface area contributed by atoms with Gasteiger partial charge in [0.25, 0.3) is 0 Å². The van der Waals surface area contributed by atoms with E-state index in [9.17, 15) is 12.8 Å². The molecule has 1 heterocycles. The normalized spacial score (nSPS) is 18.6. The molecule has 0 atom stereocenters. The third-order valence-electron chi connectivity index (χ3n) is 3.73. The van der Waals surface area contributed by atoms with Crippen molar-refractivity contribution in [2.45, 2.75) is 24.7 Å². The Bertz CT molecular complexity index is 631. The molecule has 0 aromatic heterocycles. The predicted octanol–water partition coefficient (Wildman–Crippen LogP) is 2.27. The minimum atomic E-state index is -3.93. The second-order valence-electron chi connectivity index (χ2n) is 5.55. The van der Waals surface area contributed by atoms with E-state index in [2.05, 4.69) is 20.7 Å². The Hall–Kier alpha value is -0.700. The first-order valence-corrected chi connectivity index (χ1v) is 8.83. The van der Waals surface area contributed by atoms with Gasteiger partial charge in [-0.1, -0.05) is 6.92 Å². The maximum absolute atomic E-state index is 13.9. The van der Waals surface area contributed by atoms with Crippen molar-refractivity contribution >= 4 is 31.6 Å². The molecule has 0 radical (unpaired) electrons. The van der Waals surface area contributed by atoms with Crippen LogP contribution in [0.25, 0.3) is 0 Å². The summed E-state index contributed by atoms with van der Waals surface area (Å²) in [4.78, 5) is -0.432. The molecule has 1 aromatic rings. The van der Waals surface area contributed by atoms with Crippen molar-refractivity contribution < 1.29 is 17.5 Å². The monoisotopic (exact) mass is 380 g/mol. The first kappa shape index (κ1) is 16.7. The van der Waals surface area contributed by atoms with Crippen LogP contribution in [0.4, 0.5) is 10.1 Å². The SMILES string of the molecule is CC1(CNS(=O)(=O)c2cc(N)c(Br)cc2F)CCOCC1. The lowest BCUT2D eigenvalue weighted by Gasteiger charge is -2.33. The number of hydrogen-bond donors (Lipinski definition) is 2. The lowest BCUT2D eigenvalue weighted by Crippen LogP contribution is -2.39. The van der Waals surface area contributed by atoms with Gasteiger partial charge in [-0.3, -0.25) is 0 Å². The second kappa shape index (κ2) is 6.20. The zero-order valence-electron chi connectivity index (χ0n) is 11.7. The van der Waals surface area contributed by atoms with Crippen molar-refractivity contribution in [3.05, 3.63) is 22.4 Å². The summed E-state index contributed by atoms with van der Waals surface area (Å²) in [6.07, 6.45) is 1.53. The van der Waals surface area contributed by atoms with Gasteiger partial charge in [0.1, 0.15) is 10.7 Å². The van der Waals surface area contributed by atoms with Gasteiger partial charge in [-0.25, -0.2) is 17.5 Å². The molecule has 1 aliphatic heterocycles. The lowest BCUT2D eigenvalue weighted by atomic mass is 9.83. The van der Waals surface area contributed by atoms with Crippen LogP contribution in [-0.2, 0) is 14.8 Å². The van der Waals surface area contributed by atoms with E-state index in [1.54, 1.807) is 0 Å². The topological polar surface area (TPSA) is 81.4 Å². The number of hydrogen-bond acceptors (Lipinski definition) is 4. The van der Waals surface area contributed by atoms with E-state index in [1.165, 1.54) is 0 Å². The highest BCUT2D eigenvalue weighted by Gasteiger charge is 2.30. The maximum atomic E-state index is 13.9. The molecule has 0 amide bonds. The average molecular weight is 381 g/mol. The van der Waals surface area contributed by atoms with Crippen LogP contribution in [0.2, 0.25) is 0 Å². The second-order valence-corrected chi connectivity index (χ2v) is 8.14. The molecule has 0 bridgehead atoms. The zero-order chi connectivity index (χ0) is 15.7. The zero-order valence-corrected chi connectivity index (χ0v) is 14.1. The summed E-state index contributed by atoms with van der Waals surface area (Å²) in [5.41, 5.74) is 5.63. The molecule has 1 fully saturated rings. The van der Waals surface area contributed by atoms with Crippen LogP contribution >= 0.6 is 15.9 Å². The van der Waals surface area contributed by atoms with Crippen molar-refractivity contribution in [1.82, 2.24) is 4.72 Å². The summed E-state index contributed by atoms with van der Waals surface area (Å²) < 4.78 is 46.4. The van der Waals surface area contributed by atoms with Crippen molar-refractivity contribution in [2.24, 2.45) is 5.41 Å². The number of nitrogens with two attached hydrogens (primary N) is 1. The standard InChI is InChI=1S/C13H18BrFN2O3S/c1-13(2-4-20-5-3-13)8-17-21(18,19)12-7-11(16)9(14)6-10(12)15/h6-7,17H,2-5,8,16H2,1H3. The first-order chi connectivity index (χ1) is 9.73. The summed E-state index contributed by atoms with van der Waals surface area (Å²) in [6, 6.07) is 2.17. The molecule has 21 heavy (non-hydrogen) atoms. The quantitative estimate of drug-likeness (QED) is 0.784. The van der Waals surface area contributed by atoms with Gasteiger partial charge in [-0.05, 0) is 46.3 Å². The Labute approximate surface area is 132 Å². The van der Waals surface area contributed by atoms with Crippen LogP contribution in [0.5, 0.6) is 0 Å². The molecule has 0 saturated carbocycles. The Morgan fingerprint density at radius 2 is 2.05 bits per heavy atom. The van der Waals surface area contributed by atoms with Gasteiger partial charge >= 0.3 is 0 Å². The maximum Gasteiger partial charge on any atom is 0.243 e. The van der Waals surface area contributed by atoms with E-state index in [0.29, 0.717) is 17.7 Å². The summed E-state index contributed by atoms with van der Waals surface area (Å²) in [6.45, 7) is 3.45. The van der Waals surface area contributed by atoms with Gasteiger partial charge in [-0.15, -0.1) is 0 Å². The summed E-state index contributed by atoms with van der Waals surface area (Å²) in [5.74, 6) is -0.833. The van der Waals surface area contributed by atoms with Crippen LogP contribution in [-0.4, -0.2) is 28.2 Å². The highest BCUT2D eigenvalue weighted by atomic mass is 79.9. The molecular weight excluding hydrogens is 363 g/mol. The van der Waals surface area contributed by atoms with Gasteiger partial charge in [-0.2, -0.15) is 0 Å². The van der Waals surface area contributed by atoms with Crippen LogP contribution in [0.15, 0.2) is 21.5 Å². The van der Waals surface area contributed by atoms with E-state index in [0.717, 1.165) is 25.0 Å². The van der Waals surface area contributed by atoms with E-state index in [1.807, 2.05) is 6.92 Å². The van der Waals surface area contributed by atoms with Crippen molar-refractivity contribution in [1.29, 1.82) is 0 Å². The van der Waals surface area contributed by atoms with Crippen LogP contribution in [0.1, 0.15) is 19.8 Å². The number of ether oxygens (including phenoxy) is 1. The highest BCUT2D eigenvalue weighted by molar-refractivity contribution is 9.10. The Morgan fingerprint density at radius 3 is 2.67 bits per heavy atom. The molecule has 8 heteroatoms. The Morgan fingerprint density at radius 1 is 1.43 bits per heavy atom. The third-order valence-corrected chi connectivity index (χ3v) is 5.83. The van der Waals surface area contributed by atoms with Gasteiger partial charge in [0.05, 0.1) is 0 Å². The Kier molecular flexibility index (Phi) is 4.92. The molecule has 118 valence electrons. The fourth-order valence-electron chi connectivity index (χ4n) is 2.14. The fraction of sp³-hybridized carbons (Fsp3) is 0.538. The Balaban J connectivity index is 2.17. The van der Waals surface area contributed by atoms with E-state index in [-0.39, 0.29) is 17.6 Å². The predicted molar refractivity (Wildman–Crippen MR) is 81.9 cm³/mol. The number of benzene rings is 1. The summed E-state index contributed by atoms with van der Waals surface area (Å²) >= 11 is 3.06. The largest absolute Gasteiger partial charge is 0.398 e. The molecular formula is C13H18BrFN2O3S. The smallest absolute Gasteiger partial charge is 0.243 e. The van der Waals surface area contributed by atoms with Crippen molar-refractivity contribution in [2.75, 3.05) is 25.5 Å². The molecule has 0 aliphatic carbocycles. The highest BCUT2D eigenvalue weighted by Crippen LogP contribution is 2.30. The number of rotatable bonds is 4. The third kappa shape index (κ3) is 3.94. The van der Waals surface area contributed by atoms with Gasteiger partial charge in [0.2, 0.25) is 10.0 Å². The summed E-state index contributed by atoms with van der Waals surface area (Å²) in [5, 5.41) is 0. The molecule has 1 saturated heterocycles. The molecule has 5 nitrogen and oxygen atoms in total. The minimum Gasteiger partial charge on any atom is -0.398 e. The van der Waals surface area contributed by atoms with Crippen molar-refractivity contribution in [3.8, 4) is 0 Å². The number of anilines is 1. The van der Waals surface area contributed by atoms with Crippen LogP contribution in [0.3, 0.4) is 0 Å². The lowest BCUT2D eigenvalue weighted by molar-refractivity contribution is 0.0264. The van der Waals surface area contributed by atoms with E-state index in [4.69, 9.17) is 10.5 Å². The van der Waals surface area contributed by atoms with E-state index >= 15 is 0 Å². The van der Waals surface area contributed by atoms with E-state index < -0.39 is 20.7 Å². The number of nitrogens with one attached hydrogen (secondary N) is 1. The van der Waals surface area contributed by atoms with Crippen molar-refractivity contribution in [3.63, 3.8) is 0 Å². The van der Waals surface area contributed by atoms with Gasteiger partial charge in [0.15, 0.2) is 0 Å². The number of sulfonamides is 1. The number of nitrogen functional groups attached to an aromatic ring is 1. The van der Waals surface area contributed by atoms with Crippen LogP contribution < -0.4 is 10.5 Å². The first-order valence-electron chi connectivity index (χ1n) is 6.55. The molecule has 1 aliphatic rings. The molecule has 3 N–H and O–H groups in total. The van der Waals surface area contributed by atoms with Gasteiger partial charge < -0.3 is 10.5 Å². The number of halogens is 2. The molecule has 0 unspecified atom stereocenters. The molecule has 0 spiro atoms. The fourth-order valence-corrected chi connectivity index (χ4v) is 3.75. The minimum absolute atomic E-state index is 0.175. The van der Waals surface area contributed by atoms with Crippen LogP contribution in [0, 0.1) is 11.2 Å².